The fraction of sp³-hybridized carbons (Fsp3) is 0.500. The lowest BCUT2D eigenvalue weighted by Crippen LogP contribution is -2.56. The van der Waals surface area contributed by atoms with Gasteiger partial charge in [0.1, 0.15) is 23.7 Å². The van der Waals surface area contributed by atoms with Crippen LogP contribution in [0.15, 0.2) is 38.5 Å². The number of nitrogens with one attached hydrogen (secondary N) is 3. The number of hydrogen-bond donors (Lipinski definition) is 5. The lowest BCUT2D eigenvalue weighted by Gasteiger charge is -2.31. The predicted molar refractivity (Wildman–Crippen MR) is 155 cm³/mol. The average molecular weight is 570 g/mol. The molecule has 0 radical (unpaired) electrons. The Kier molecular flexibility index (Phi) is 10.5. The number of aliphatic imine (C=N–C) groups is 1. The highest BCUT2D eigenvalue weighted by Crippen LogP contribution is 2.23. The van der Waals surface area contributed by atoms with E-state index < -0.39 is 35.6 Å². The molecule has 3 rings (SSSR count). The minimum Gasteiger partial charge on any atom is -0.423 e. The summed E-state index contributed by atoms with van der Waals surface area (Å²) in [6.07, 6.45) is 1.65. The van der Waals surface area contributed by atoms with Gasteiger partial charge in [0.2, 0.25) is 23.6 Å². The second kappa shape index (κ2) is 13.8. The zero-order valence-electron chi connectivity index (χ0n) is 23.9. The zero-order valence-corrected chi connectivity index (χ0v) is 23.9. The fourth-order valence-corrected chi connectivity index (χ4v) is 4.89. The van der Waals surface area contributed by atoms with Crippen molar-refractivity contribution >= 4 is 46.2 Å². The van der Waals surface area contributed by atoms with E-state index in [0.717, 1.165) is 10.9 Å². The molecule has 0 aliphatic carbocycles. The van der Waals surface area contributed by atoms with Gasteiger partial charge in [-0.05, 0) is 56.2 Å². The summed E-state index contributed by atoms with van der Waals surface area (Å²) in [5, 5.41) is 8.99. The Morgan fingerprint density at radius 2 is 1.88 bits per heavy atom. The van der Waals surface area contributed by atoms with Crippen LogP contribution in [0.3, 0.4) is 0 Å². The molecule has 1 fully saturated rings. The molecule has 41 heavy (non-hydrogen) atoms. The standard InChI is InChI=1S/C28H39N7O6/c1-15(2)24(32-17(4)36)27(40)35-12-6-8-21(35)26(39)34-20(7-5-11-31-28(29)30)25(38)33-18-9-10-19-16(3)13-23(37)41-22(19)14-18/h9-10,13-15,20-21,24H,5-8,11-12H2,1-4H3,(H,32,36)(H,33,38)(H,34,39)(H4,29,30,31)/t20-,21-,24-/m0/s1. The highest BCUT2D eigenvalue weighted by Gasteiger charge is 2.39. The van der Waals surface area contributed by atoms with E-state index in [1.807, 2.05) is 13.8 Å². The van der Waals surface area contributed by atoms with Crippen molar-refractivity contribution in [2.24, 2.45) is 22.4 Å². The quantitative estimate of drug-likeness (QED) is 0.113. The number of guanidine groups is 1. The van der Waals surface area contributed by atoms with E-state index in [1.165, 1.54) is 17.9 Å². The molecule has 3 atom stereocenters. The molecule has 1 aliphatic heterocycles. The van der Waals surface area contributed by atoms with Gasteiger partial charge in [-0.2, -0.15) is 0 Å². The summed E-state index contributed by atoms with van der Waals surface area (Å²) in [7, 11) is 0. The summed E-state index contributed by atoms with van der Waals surface area (Å²) in [5.41, 5.74) is 11.8. The number of carbonyl (C=O) groups is 4. The maximum absolute atomic E-state index is 13.4. The summed E-state index contributed by atoms with van der Waals surface area (Å²) in [6.45, 7) is 7.38. The zero-order chi connectivity index (χ0) is 30.3. The van der Waals surface area contributed by atoms with Crippen LogP contribution in [-0.4, -0.2) is 65.7 Å². The maximum atomic E-state index is 13.4. The Balaban J connectivity index is 1.78. The number of fused-ring (bicyclic) bond motifs is 1. The molecule has 7 N–H and O–H groups in total. The van der Waals surface area contributed by atoms with Gasteiger partial charge in [-0.1, -0.05) is 13.8 Å². The van der Waals surface area contributed by atoms with Crippen LogP contribution in [0, 0.1) is 12.8 Å². The lowest BCUT2D eigenvalue weighted by atomic mass is 10.0. The van der Waals surface area contributed by atoms with Crippen molar-refractivity contribution in [3.05, 3.63) is 40.2 Å². The Labute approximate surface area is 238 Å². The van der Waals surface area contributed by atoms with Gasteiger partial charge < -0.3 is 36.7 Å². The highest BCUT2D eigenvalue weighted by molar-refractivity contribution is 6.00. The third-order valence-corrected chi connectivity index (χ3v) is 6.93. The van der Waals surface area contributed by atoms with Crippen LogP contribution in [-0.2, 0) is 19.2 Å². The number of aryl methyl sites for hydroxylation is 1. The molecule has 0 bridgehead atoms. The molecule has 0 saturated carbocycles. The summed E-state index contributed by atoms with van der Waals surface area (Å²) in [4.78, 5) is 69.0. The van der Waals surface area contributed by atoms with Crippen LogP contribution >= 0.6 is 0 Å². The average Bonchev–Trinajstić information content (AvgIpc) is 3.38. The van der Waals surface area contributed by atoms with Crippen LogP contribution in [0.5, 0.6) is 0 Å². The SMILES string of the molecule is CC(=O)N[C@H](C(=O)N1CCC[C@H]1C(=O)N[C@@H](CCCN=C(N)N)C(=O)Nc1ccc2c(C)cc(=O)oc2c1)C(C)C. The largest absolute Gasteiger partial charge is 0.423 e. The minimum absolute atomic E-state index is 0.0815. The van der Waals surface area contributed by atoms with Crippen molar-refractivity contribution < 1.29 is 23.6 Å². The third kappa shape index (κ3) is 8.29. The smallest absolute Gasteiger partial charge is 0.336 e. The van der Waals surface area contributed by atoms with Crippen LogP contribution < -0.4 is 33.0 Å². The van der Waals surface area contributed by atoms with Gasteiger partial charge in [-0.3, -0.25) is 24.2 Å². The van der Waals surface area contributed by atoms with Crippen LogP contribution in [0.2, 0.25) is 0 Å². The molecule has 13 heteroatoms. The first-order valence-electron chi connectivity index (χ1n) is 13.7. The number of rotatable bonds is 11. The van der Waals surface area contributed by atoms with Crippen LogP contribution in [0.1, 0.15) is 52.0 Å². The first-order valence-corrected chi connectivity index (χ1v) is 13.7. The number of benzene rings is 1. The van der Waals surface area contributed by atoms with Crippen molar-refractivity contribution in [1.29, 1.82) is 0 Å². The van der Waals surface area contributed by atoms with Gasteiger partial charge in [0.25, 0.3) is 0 Å². The van der Waals surface area contributed by atoms with E-state index >= 15 is 0 Å². The van der Waals surface area contributed by atoms with Gasteiger partial charge in [0.05, 0.1) is 0 Å². The Morgan fingerprint density at radius 3 is 2.54 bits per heavy atom. The second-order valence-electron chi connectivity index (χ2n) is 10.6. The van der Waals surface area contributed by atoms with E-state index in [4.69, 9.17) is 15.9 Å². The molecule has 1 aliphatic rings. The molecule has 0 spiro atoms. The number of hydrogen-bond acceptors (Lipinski definition) is 7. The Morgan fingerprint density at radius 1 is 1.15 bits per heavy atom. The molecule has 1 aromatic heterocycles. The molecular formula is C28H39N7O6. The van der Waals surface area contributed by atoms with Gasteiger partial charge in [-0.25, -0.2) is 4.79 Å². The molecular weight excluding hydrogens is 530 g/mol. The van der Waals surface area contributed by atoms with E-state index in [0.29, 0.717) is 37.1 Å². The summed E-state index contributed by atoms with van der Waals surface area (Å²) < 4.78 is 5.27. The van der Waals surface area contributed by atoms with Crippen molar-refractivity contribution in [3.63, 3.8) is 0 Å². The van der Waals surface area contributed by atoms with E-state index in [-0.39, 0.29) is 36.7 Å². The highest BCUT2D eigenvalue weighted by atomic mass is 16.4. The van der Waals surface area contributed by atoms with Crippen molar-refractivity contribution in [3.8, 4) is 0 Å². The monoisotopic (exact) mass is 569 g/mol. The molecule has 1 saturated heterocycles. The summed E-state index contributed by atoms with van der Waals surface area (Å²) in [5.74, 6) is -1.90. The molecule has 222 valence electrons. The topological polar surface area (TPSA) is 202 Å². The van der Waals surface area contributed by atoms with Gasteiger partial charge >= 0.3 is 5.63 Å². The molecule has 2 aromatic rings. The summed E-state index contributed by atoms with van der Waals surface area (Å²) in [6, 6.07) is 3.82. The number of likely N-dealkylation sites (tertiary alicyclic amines) is 1. The lowest BCUT2D eigenvalue weighted by molar-refractivity contribution is -0.142. The van der Waals surface area contributed by atoms with Crippen LogP contribution in [0.4, 0.5) is 5.69 Å². The van der Waals surface area contributed by atoms with Gasteiger partial charge in [0.15, 0.2) is 5.96 Å². The number of amides is 4. The van der Waals surface area contributed by atoms with E-state index in [1.54, 1.807) is 25.1 Å². The molecule has 1 aromatic carbocycles. The van der Waals surface area contributed by atoms with Crippen molar-refractivity contribution in [1.82, 2.24) is 15.5 Å². The minimum atomic E-state index is -0.967. The van der Waals surface area contributed by atoms with Crippen LogP contribution in [0.25, 0.3) is 11.0 Å². The summed E-state index contributed by atoms with van der Waals surface area (Å²) >= 11 is 0. The van der Waals surface area contributed by atoms with Crippen molar-refractivity contribution in [2.75, 3.05) is 18.4 Å². The van der Waals surface area contributed by atoms with E-state index in [9.17, 15) is 24.0 Å². The molecule has 0 unspecified atom stereocenters. The Hall–Kier alpha value is -4.42. The first kappa shape index (κ1) is 31.1. The normalized spacial score (nSPS) is 16.2. The number of carbonyl (C=O) groups excluding carboxylic acids is 4. The number of anilines is 1. The van der Waals surface area contributed by atoms with Crippen molar-refractivity contribution in [2.45, 2.75) is 71.5 Å². The third-order valence-electron chi connectivity index (χ3n) is 6.93. The van der Waals surface area contributed by atoms with Gasteiger partial charge in [-0.15, -0.1) is 0 Å². The predicted octanol–water partition coefficient (Wildman–Crippen LogP) is 0.730. The second-order valence-corrected chi connectivity index (χ2v) is 10.6. The van der Waals surface area contributed by atoms with E-state index in [2.05, 4.69) is 20.9 Å². The molecule has 2 heterocycles. The number of nitrogens with two attached hydrogens (primary N) is 2. The number of nitrogens with zero attached hydrogens (tertiary/aromatic N) is 2. The first-order chi connectivity index (χ1) is 19.4. The molecule has 4 amide bonds. The molecule has 13 nitrogen and oxygen atoms in total. The fourth-order valence-electron chi connectivity index (χ4n) is 4.89. The maximum Gasteiger partial charge on any atom is 0.336 e. The Bertz CT molecular complexity index is 1380. The van der Waals surface area contributed by atoms with Gasteiger partial charge in [0, 0.05) is 43.2 Å².